The Kier molecular flexibility index (Phi) is 6.33. The van der Waals surface area contributed by atoms with Gasteiger partial charge >= 0.3 is 12.1 Å². The summed E-state index contributed by atoms with van der Waals surface area (Å²) in [5, 5.41) is 9.63. The van der Waals surface area contributed by atoms with Crippen molar-refractivity contribution in [3.63, 3.8) is 0 Å². The first kappa shape index (κ1) is 17.7. The van der Waals surface area contributed by atoms with E-state index < -0.39 is 18.1 Å². The maximum absolute atomic E-state index is 12.5. The molecule has 0 saturated carbocycles. The first-order valence-corrected chi connectivity index (χ1v) is 8.95. The molecule has 0 radical (unpaired) electrons. The zero-order valence-corrected chi connectivity index (χ0v) is 14.3. The molecule has 2 atom stereocenters. The average molecular weight is 337 g/mol. The minimum Gasteiger partial charge on any atom is -0.480 e. The average Bonchev–Trinajstić information content (AvgIpc) is 3.04. The van der Waals surface area contributed by atoms with Crippen LogP contribution in [0, 0.1) is 5.92 Å². The van der Waals surface area contributed by atoms with E-state index in [0.29, 0.717) is 0 Å². The molecule has 0 aromatic heterocycles. The lowest BCUT2D eigenvalue weighted by molar-refractivity contribution is -0.145. The number of hydrogen-bond donors (Lipinski definition) is 1. The summed E-state index contributed by atoms with van der Waals surface area (Å²) in [7, 11) is 0. The van der Waals surface area contributed by atoms with Crippen LogP contribution in [0.2, 0.25) is 0 Å². The third-order valence-electron chi connectivity index (χ3n) is 3.94. The Morgan fingerprint density at radius 2 is 2.04 bits per heavy atom. The highest BCUT2D eigenvalue weighted by molar-refractivity contribution is 7.99. The number of rotatable bonds is 6. The predicted octanol–water partition coefficient (Wildman–Crippen LogP) is 3.24. The number of carbonyl (C=O) groups excluding carboxylic acids is 1. The van der Waals surface area contributed by atoms with Gasteiger partial charge in [0.15, 0.2) is 0 Å². The zero-order valence-electron chi connectivity index (χ0n) is 13.5. The molecule has 1 fully saturated rings. The van der Waals surface area contributed by atoms with Gasteiger partial charge in [-0.1, -0.05) is 30.3 Å². The Morgan fingerprint density at radius 1 is 1.35 bits per heavy atom. The van der Waals surface area contributed by atoms with Crippen molar-refractivity contribution in [2.24, 2.45) is 5.92 Å². The van der Waals surface area contributed by atoms with Crippen molar-refractivity contribution in [2.75, 3.05) is 11.5 Å². The van der Waals surface area contributed by atoms with Gasteiger partial charge < -0.3 is 9.84 Å². The summed E-state index contributed by atoms with van der Waals surface area (Å²) in [5.41, 5.74) is 0.882. The molecule has 1 amide bonds. The predicted molar refractivity (Wildman–Crippen MR) is 90.5 cm³/mol. The van der Waals surface area contributed by atoms with Crippen molar-refractivity contribution in [1.29, 1.82) is 0 Å². The van der Waals surface area contributed by atoms with E-state index in [1.165, 1.54) is 4.90 Å². The first-order valence-electron chi connectivity index (χ1n) is 7.80. The van der Waals surface area contributed by atoms with Gasteiger partial charge in [-0.15, -0.1) is 0 Å². The Labute approximate surface area is 141 Å². The van der Waals surface area contributed by atoms with Crippen molar-refractivity contribution in [2.45, 2.75) is 39.0 Å². The van der Waals surface area contributed by atoms with Gasteiger partial charge in [0.1, 0.15) is 12.6 Å². The third kappa shape index (κ3) is 4.64. The summed E-state index contributed by atoms with van der Waals surface area (Å²) < 4.78 is 5.36. The number of hydrogen-bond acceptors (Lipinski definition) is 4. The van der Waals surface area contributed by atoms with Gasteiger partial charge in [0.2, 0.25) is 0 Å². The highest BCUT2D eigenvalue weighted by Crippen LogP contribution is 2.30. The number of carboxylic acids is 1. The molecule has 23 heavy (non-hydrogen) atoms. The summed E-state index contributed by atoms with van der Waals surface area (Å²) in [6.45, 7) is 3.79. The molecule has 1 aromatic rings. The maximum atomic E-state index is 12.5. The topological polar surface area (TPSA) is 66.8 Å². The number of thioether (sulfide) groups is 1. The number of carbonyl (C=O) groups is 2. The molecule has 2 rings (SSSR count). The zero-order chi connectivity index (χ0) is 16.8. The molecule has 1 aliphatic heterocycles. The highest BCUT2D eigenvalue weighted by Gasteiger charge is 2.40. The van der Waals surface area contributed by atoms with Gasteiger partial charge in [0.05, 0.1) is 0 Å². The third-order valence-corrected chi connectivity index (χ3v) is 5.12. The molecule has 1 aliphatic rings. The largest absolute Gasteiger partial charge is 0.480 e. The van der Waals surface area contributed by atoms with Crippen LogP contribution in [0.5, 0.6) is 0 Å². The molecular formula is C17H23NO4S. The van der Waals surface area contributed by atoms with E-state index in [4.69, 9.17) is 4.74 Å². The lowest BCUT2D eigenvalue weighted by atomic mass is 9.97. The lowest BCUT2D eigenvalue weighted by Gasteiger charge is -2.34. The van der Waals surface area contributed by atoms with Gasteiger partial charge in [-0.25, -0.2) is 9.59 Å². The van der Waals surface area contributed by atoms with Crippen molar-refractivity contribution < 1.29 is 19.4 Å². The molecule has 126 valence electrons. The van der Waals surface area contributed by atoms with Crippen LogP contribution in [0.25, 0.3) is 0 Å². The number of carboxylic acid groups (broad SMARTS) is 1. The SMILES string of the molecule is CC(C)N(C(=O)OCc1ccccc1)C(C(=O)O)C1CCSC1. The van der Waals surface area contributed by atoms with Gasteiger partial charge in [0, 0.05) is 12.0 Å². The molecule has 0 spiro atoms. The second-order valence-electron chi connectivity index (χ2n) is 5.95. The van der Waals surface area contributed by atoms with E-state index in [1.54, 1.807) is 11.8 Å². The van der Waals surface area contributed by atoms with E-state index in [0.717, 1.165) is 23.5 Å². The van der Waals surface area contributed by atoms with Gasteiger partial charge in [-0.3, -0.25) is 4.90 Å². The van der Waals surface area contributed by atoms with Crippen LogP contribution in [-0.2, 0) is 16.1 Å². The number of amides is 1. The van der Waals surface area contributed by atoms with Gasteiger partial charge in [-0.05, 0) is 37.3 Å². The van der Waals surface area contributed by atoms with Gasteiger partial charge in [0.25, 0.3) is 0 Å². The minimum absolute atomic E-state index is 0.0239. The van der Waals surface area contributed by atoms with Crippen LogP contribution in [0.4, 0.5) is 4.79 Å². The Hall–Kier alpha value is -1.69. The normalized spacial score (nSPS) is 18.7. The fourth-order valence-electron chi connectivity index (χ4n) is 2.79. The van der Waals surface area contributed by atoms with Crippen LogP contribution < -0.4 is 0 Å². The molecule has 0 aliphatic carbocycles. The van der Waals surface area contributed by atoms with E-state index in [2.05, 4.69) is 0 Å². The van der Waals surface area contributed by atoms with E-state index in [-0.39, 0.29) is 18.6 Å². The van der Waals surface area contributed by atoms with Gasteiger partial charge in [-0.2, -0.15) is 11.8 Å². The summed E-state index contributed by atoms with van der Waals surface area (Å²) in [5.74, 6) is 0.734. The molecule has 2 unspecified atom stereocenters. The number of nitrogens with zero attached hydrogens (tertiary/aromatic N) is 1. The Bertz CT molecular complexity index is 529. The molecule has 1 aromatic carbocycles. The van der Waals surface area contributed by atoms with Crippen LogP contribution in [0.1, 0.15) is 25.8 Å². The summed E-state index contributed by atoms with van der Waals surface area (Å²) in [6.07, 6.45) is 0.254. The molecule has 0 bridgehead atoms. The smallest absolute Gasteiger partial charge is 0.411 e. The highest BCUT2D eigenvalue weighted by atomic mass is 32.2. The van der Waals surface area contributed by atoms with Crippen molar-refractivity contribution in [1.82, 2.24) is 4.90 Å². The molecule has 5 nitrogen and oxygen atoms in total. The quantitative estimate of drug-likeness (QED) is 0.863. The van der Waals surface area contributed by atoms with Crippen molar-refractivity contribution in [3.05, 3.63) is 35.9 Å². The fraction of sp³-hybridized carbons (Fsp3) is 0.529. The fourth-order valence-corrected chi connectivity index (χ4v) is 4.08. The molecule has 6 heteroatoms. The second kappa shape index (κ2) is 8.24. The van der Waals surface area contributed by atoms with Crippen LogP contribution in [0.3, 0.4) is 0 Å². The maximum Gasteiger partial charge on any atom is 0.411 e. The van der Waals surface area contributed by atoms with Crippen LogP contribution >= 0.6 is 11.8 Å². The number of benzene rings is 1. The molecule has 1 N–H and O–H groups in total. The minimum atomic E-state index is -0.956. The standard InChI is InChI=1S/C17H23NO4S/c1-12(2)18(15(16(19)20)14-8-9-23-11-14)17(21)22-10-13-6-4-3-5-7-13/h3-7,12,14-15H,8-11H2,1-2H3,(H,19,20). The van der Waals surface area contributed by atoms with E-state index in [1.807, 2.05) is 44.2 Å². The monoisotopic (exact) mass is 337 g/mol. The molecule has 1 saturated heterocycles. The number of aliphatic carboxylic acids is 1. The van der Waals surface area contributed by atoms with E-state index in [9.17, 15) is 14.7 Å². The Morgan fingerprint density at radius 3 is 2.57 bits per heavy atom. The van der Waals surface area contributed by atoms with E-state index >= 15 is 0 Å². The second-order valence-corrected chi connectivity index (χ2v) is 7.10. The number of ether oxygens (including phenoxy) is 1. The summed E-state index contributed by atoms with van der Waals surface area (Å²) in [4.78, 5) is 25.6. The van der Waals surface area contributed by atoms with Crippen LogP contribution in [-0.4, -0.2) is 45.7 Å². The summed E-state index contributed by atoms with van der Waals surface area (Å²) >= 11 is 1.74. The Balaban J connectivity index is 2.08. The van der Waals surface area contributed by atoms with Crippen molar-refractivity contribution >= 4 is 23.8 Å². The molecular weight excluding hydrogens is 314 g/mol. The van der Waals surface area contributed by atoms with Crippen molar-refractivity contribution in [3.8, 4) is 0 Å². The molecule has 1 heterocycles. The summed E-state index contributed by atoms with van der Waals surface area (Å²) in [6, 6.07) is 8.32. The lowest BCUT2D eigenvalue weighted by Crippen LogP contribution is -2.52. The van der Waals surface area contributed by atoms with Crippen LogP contribution in [0.15, 0.2) is 30.3 Å². The first-order chi connectivity index (χ1) is 11.0.